The van der Waals surface area contributed by atoms with Crippen LogP contribution in [0.2, 0.25) is 0 Å². The van der Waals surface area contributed by atoms with Gasteiger partial charge in [0.15, 0.2) is 11.3 Å². The Morgan fingerprint density at radius 2 is 1.43 bits per heavy atom. The van der Waals surface area contributed by atoms with Crippen molar-refractivity contribution in [3.63, 3.8) is 0 Å². The van der Waals surface area contributed by atoms with Gasteiger partial charge in [-0.2, -0.15) is 0 Å². The summed E-state index contributed by atoms with van der Waals surface area (Å²) in [6, 6.07) is 0. The van der Waals surface area contributed by atoms with Gasteiger partial charge in [-0.25, -0.2) is 4.79 Å². The summed E-state index contributed by atoms with van der Waals surface area (Å²) in [4.78, 5) is 39.4. The van der Waals surface area contributed by atoms with Gasteiger partial charge in [0, 0.05) is 11.8 Å². The van der Waals surface area contributed by atoms with Gasteiger partial charge in [-0.15, -0.1) is 0 Å². The zero-order chi connectivity index (χ0) is 33.9. The summed E-state index contributed by atoms with van der Waals surface area (Å²) in [5.74, 6) is -2.21. The second kappa shape index (κ2) is 21.1. The van der Waals surface area contributed by atoms with E-state index in [1.54, 1.807) is 13.8 Å². The molecule has 1 heterocycles. The van der Waals surface area contributed by atoms with E-state index in [4.69, 9.17) is 9.47 Å². The molecule has 2 atom stereocenters. The lowest BCUT2D eigenvalue weighted by atomic mass is 9.81. The quantitative estimate of drug-likeness (QED) is 0.0755. The molecule has 0 spiro atoms. The van der Waals surface area contributed by atoms with Crippen molar-refractivity contribution in [2.45, 2.75) is 187 Å². The van der Waals surface area contributed by atoms with Crippen molar-refractivity contribution < 1.29 is 29.0 Å². The zero-order valence-corrected chi connectivity index (χ0v) is 30.1. The van der Waals surface area contributed by atoms with Crippen LogP contribution in [0.15, 0.2) is 12.2 Å². The molecule has 2 rings (SSSR count). The summed E-state index contributed by atoms with van der Waals surface area (Å²) < 4.78 is 11.7. The lowest BCUT2D eigenvalue weighted by Gasteiger charge is -2.45. The SMILES string of the molecule is CCCCCCCC/C=C\CCCCCCCC(=O)NC(CCC1CCCCC1)(CNC(=O)C1OC(C)(C)OCC1(C)C)C(=O)O. The van der Waals surface area contributed by atoms with E-state index in [1.807, 2.05) is 13.8 Å². The molecule has 1 aliphatic carbocycles. The van der Waals surface area contributed by atoms with Gasteiger partial charge in [-0.3, -0.25) is 9.59 Å². The van der Waals surface area contributed by atoms with Crippen molar-refractivity contribution in [3.8, 4) is 0 Å². The molecule has 2 fully saturated rings. The lowest BCUT2D eigenvalue weighted by molar-refractivity contribution is -0.304. The maximum atomic E-state index is 13.4. The van der Waals surface area contributed by atoms with Crippen molar-refractivity contribution in [2.24, 2.45) is 11.3 Å². The van der Waals surface area contributed by atoms with Gasteiger partial charge in [-0.05, 0) is 64.7 Å². The van der Waals surface area contributed by atoms with E-state index in [9.17, 15) is 19.5 Å². The number of aliphatic carboxylic acids is 1. The maximum absolute atomic E-state index is 13.4. The average molecular weight is 649 g/mol. The van der Waals surface area contributed by atoms with Gasteiger partial charge >= 0.3 is 5.97 Å². The van der Waals surface area contributed by atoms with Crippen molar-refractivity contribution in [2.75, 3.05) is 13.2 Å². The van der Waals surface area contributed by atoms with Crippen molar-refractivity contribution in [1.29, 1.82) is 0 Å². The van der Waals surface area contributed by atoms with Gasteiger partial charge in [0.25, 0.3) is 0 Å². The minimum Gasteiger partial charge on any atom is -0.479 e. The number of hydrogen-bond acceptors (Lipinski definition) is 5. The van der Waals surface area contributed by atoms with Gasteiger partial charge in [-0.1, -0.05) is 116 Å². The predicted molar refractivity (Wildman–Crippen MR) is 185 cm³/mol. The van der Waals surface area contributed by atoms with Crippen LogP contribution >= 0.6 is 0 Å². The molecule has 2 amide bonds. The number of hydrogen-bond donors (Lipinski definition) is 3. The molecule has 8 nitrogen and oxygen atoms in total. The van der Waals surface area contributed by atoms with E-state index < -0.39 is 28.8 Å². The Morgan fingerprint density at radius 1 is 0.848 bits per heavy atom. The monoisotopic (exact) mass is 649 g/mol. The minimum atomic E-state index is -1.56. The second-order valence-corrected chi connectivity index (χ2v) is 15.2. The molecule has 1 saturated carbocycles. The van der Waals surface area contributed by atoms with E-state index in [2.05, 4.69) is 29.7 Å². The topological polar surface area (TPSA) is 114 Å². The number of nitrogens with one attached hydrogen (secondary N) is 2. The molecule has 3 N–H and O–H groups in total. The Kier molecular flexibility index (Phi) is 18.5. The lowest BCUT2D eigenvalue weighted by Crippen LogP contribution is -2.63. The van der Waals surface area contributed by atoms with Crippen LogP contribution in [0.4, 0.5) is 0 Å². The standard InChI is InChI=1S/C38H68N2O6/c1-6-7-8-9-10-11-12-13-14-15-16-17-18-19-23-26-32(41)40-38(35(43)44,28-27-31-24-21-20-22-25-31)29-39-34(42)33-36(2,3)30-45-37(4,5)46-33/h13-14,31,33H,6-12,15-30H2,1-5H3,(H,39,42)(H,40,41)(H,43,44)/b14-13-. The molecular weight excluding hydrogens is 580 g/mol. The largest absolute Gasteiger partial charge is 0.479 e. The highest BCUT2D eigenvalue weighted by atomic mass is 16.7. The number of carboxylic acids is 1. The highest BCUT2D eigenvalue weighted by Crippen LogP contribution is 2.35. The zero-order valence-electron chi connectivity index (χ0n) is 30.1. The average Bonchev–Trinajstić information content (AvgIpc) is 3.02. The van der Waals surface area contributed by atoms with Crippen molar-refractivity contribution >= 4 is 17.8 Å². The third-order valence-electron chi connectivity index (χ3n) is 9.86. The van der Waals surface area contributed by atoms with Crippen LogP contribution in [0.5, 0.6) is 0 Å². The molecule has 0 aromatic heterocycles. The molecule has 8 heteroatoms. The van der Waals surface area contributed by atoms with Crippen molar-refractivity contribution in [1.82, 2.24) is 10.6 Å². The predicted octanol–water partition coefficient (Wildman–Crippen LogP) is 8.62. The number of carboxylic acid groups (broad SMARTS) is 1. The van der Waals surface area contributed by atoms with E-state index in [0.29, 0.717) is 18.9 Å². The summed E-state index contributed by atoms with van der Waals surface area (Å²) in [5, 5.41) is 16.2. The number of amides is 2. The first-order valence-electron chi connectivity index (χ1n) is 18.7. The first-order chi connectivity index (χ1) is 21.9. The Labute approximate surface area is 280 Å². The smallest absolute Gasteiger partial charge is 0.331 e. The van der Waals surface area contributed by atoms with Gasteiger partial charge < -0.3 is 25.2 Å². The summed E-state index contributed by atoms with van der Waals surface area (Å²) in [6.07, 6.45) is 26.2. The van der Waals surface area contributed by atoms with Crippen LogP contribution < -0.4 is 10.6 Å². The highest BCUT2D eigenvalue weighted by Gasteiger charge is 2.47. The Hall–Kier alpha value is -1.93. The summed E-state index contributed by atoms with van der Waals surface area (Å²) in [7, 11) is 0. The number of carbonyl (C=O) groups is 3. The number of allylic oxidation sites excluding steroid dienone is 2. The molecule has 0 aromatic rings. The highest BCUT2D eigenvalue weighted by molar-refractivity contribution is 5.88. The molecule has 266 valence electrons. The molecular formula is C38H68N2O6. The summed E-state index contributed by atoms with van der Waals surface area (Å²) in [5.41, 5.74) is -2.14. The first kappa shape index (κ1) is 40.2. The maximum Gasteiger partial charge on any atom is 0.331 e. The van der Waals surface area contributed by atoms with Gasteiger partial charge in [0.1, 0.15) is 6.10 Å². The fourth-order valence-electron chi connectivity index (χ4n) is 6.70. The van der Waals surface area contributed by atoms with Gasteiger partial charge in [0.2, 0.25) is 11.8 Å². The molecule has 1 saturated heterocycles. The third-order valence-corrected chi connectivity index (χ3v) is 9.86. The second-order valence-electron chi connectivity index (χ2n) is 15.2. The van der Waals surface area contributed by atoms with E-state index >= 15 is 0 Å². The van der Waals surface area contributed by atoms with Crippen LogP contribution in [-0.2, 0) is 23.9 Å². The molecule has 2 aliphatic rings. The third kappa shape index (κ3) is 15.3. The van der Waals surface area contributed by atoms with Crippen LogP contribution in [0, 0.1) is 11.3 Å². The number of rotatable bonds is 23. The van der Waals surface area contributed by atoms with E-state index in [1.165, 1.54) is 51.4 Å². The number of ether oxygens (including phenoxy) is 2. The number of carbonyl (C=O) groups excluding carboxylic acids is 2. The van der Waals surface area contributed by atoms with Crippen molar-refractivity contribution in [3.05, 3.63) is 12.2 Å². The minimum absolute atomic E-state index is 0.177. The normalized spacial score (nSPS) is 21.1. The summed E-state index contributed by atoms with van der Waals surface area (Å²) in [6.45, 7) is 9.75. The molecule has 0 bridgehead atoms. The molecule has 2 unspecified atom stereocenters. The Balaban J connectivity index is 1.83. The molecule has 46 heavy (non-hydrogen) atoms. The van der Waals surface area contributed by atoms with E-state index in [0.717, 1.165) is 64.2 Å². The van der Waals surface area contributed by atoms with Crippen LogP contribution in [-0.4, -0.2) is 53.5 Å². The Bertz CT molecular complexity index is 926. The van der Waals surface area contributed by atoms with E-state index in [-0.39, 0.29) is 31.2 Å². The number of unbranched alkanes of at least 4 members (excludes halogenated alkanes) is 11. The molecule has 0 radical (unpaired) electrons. The summed E-state index contributed by atoms with van der Waals surface area (Å²) >= 11 is 0. The molecule has 1 aliphatic heterocycles. The fourth-order valence-corrected chi connectivity index (χ4v) is 6.70. The van der Waals surface area contributed by atoms with Crippen LogP contribution in [0.1, 0.15) is 169 Å². The first-order valence-corrected chi connectivity index (χ1v) is 18.7. The van der Waals surface area contributed by atoms with Crippen LogP contribution in [0.25, 0.3) is 0 Å². The fraction of sp³-hybridized carbons (Fsp3) is 0.868. The van der Waals surface area contributed by atoms with Crippen LogP contribution in [0.3, 0.4) is 0 Å². The van der Waals surface area contributed by atoms with Gasteiger partial charge in [0.05, 0.1) is 13.2 Å². The molecule has 0 aromatic carbocycles. The Morgan fingerprint density at radius 3 is 2.04 bits per heavy atom.